The van der Waals surface area contributed by atoms with Gasteiger partial charge in [0.15, 0.2) is 0 Å². The van der Waals surface area contributed by atoms with Crippen LogP contribution in [0.25, 0.3) is 6.08 Å². The molecule has 148 valence electrons. The highest BCUT2D eigenvalue weighted by Gasteiger charge is 2.29. The van der Waals surface area contributed by atoms with Crippen LogP contribution < -0.4 is 0 Å². The second kappa shape index (κ2) is 8.58. The molecule has 0 aliphatic carbocycles. The van der Waals surface area contributed by atoms with Crippen molar-refractivity contribution in [3.05, 3.63) is 71.3 Å². The van der Waals surface area contributed by atoms with E-state index in [1.807, 2.05) is 31.2 Å². The molecule has 7 heteroatoms. The minimum atomic E-state index is -4.00. The molecule has 0 radical (unpaired) electrons. The number of amides is 1. The van der Waals surface area contributed by atoms with Crippen LogP contribution in [0.15, 0.2) is 59.5 Å². The van der Waals surface area contributed by atoms with Gasteiger partial charge in [-0.2, -0.15) is 4.31 Å². The van der Waals surface area contributed by atoms with Gasteiger partial charge in [-0.05, 0) is 30.2 Å². The van der Waals surface area contributed by atoms with Gasteiger partial charge < -0.3 is 9.47 Å². The Bertz CT molecular complexity index is 945. The molecule has 3 rings (SSSR count). The van der Waals surface area contributed by atoms with E-state index in [1.165, 1.54) is 17.7 Å². The third-order valence-corrected chi connectivity index (χ3v) is 6.16. The van der Waals surface area contributed by atoms with Gasteiger partial charge in [0.25, 0.3) is 10.0 Å². The Balaban J connectivity index is 1.72. The fourth-order valence-electron chi connectivity index (χ4n) is 2.71. The van der Waals surface area contributed by atoms with Crippen LogP contribution in [-0.2, 0) is 25.9 Å². The van der Waals surface area contributed by atoms with Gasteiger partial charge in [-0.3, -0.25) is 0 Å². The molecular formula is C21H23NO5S. The highest BCUT2D eigenvalue weighted by molar-refractivity contribution is 7.89. The zero-order valence-electron chi connectivity index (χ0n) is 15.9. The van der Waals surface area contributed by atoms with Crippen LogP contribution in [0.3, 0.4) is 0 Å². The summed E-state index contributed by atoms with van der Waals surface area (Å²) in [5.74, 6) is 0. The van der Waals surface area contributed by atoms with Crippen LogP contribution in [0.1, 0.15) is 16.7 Å². The average Bonchev–Trinajstić information content (AvgIpc) is 3.50. The second-order valence-electron chi connectivity index (χ2n) is 6.62. The van der Waals surface area contributed by atoms with Crippen molar-refractivity contribution in [2.75, 3.05) is 20.3 Å². The standard InChI is InChI=1S/C21H23NO5S/c1-16-5-11-20(12-6-16)28(24,25)22(21(23)26-2)13-3-4-17-7-9-18(10-8-17)14-19-15-27-19/h3-12,19H,13-15H2,1-2H3/b4-3+/t19-/m1/s1. The second-order valence-corrected chi connectivity index (χ2v) is 8.48. The van der Waals surface area contributed by atoms with Gasteiger partial charge in [0.05, 0.1) is 31.3 Å². The largest absolute Gasteiger partial charge is 0.452 e. The lowest BCUT2D eigenvalue weighted by Crippen LogP contribution is -2.37. The summed E-state index contributed by atoms with van der Waals surface area (Å²) in [5, 5.41) is 0. The number of nitrogens with zero attached hydrogens (tertiary/aromatic N) is 1. The minimum absolute atomic E-state index is 0.0450. The number of carbonyl (C=O) groups excluding carboxylic acids is 1. The molecule has 0 unspecified atom stereocenters. The third-order valence-electron chi connectivity index (χ3n) is 4.41. The lowest BCUT2D eigenvalue weighted by Gasteiger charge is -2.19. The number of sulfonamides is 1. The number of epoxide rings is 1. The van der Waals surface area contributed by atoms with E-state index in [0.29, 0.717) is 10.4 Å². The summed E-state index contributed by atoms with van der Waals surface area (Å²) in [6.45, 7) is 2.56. The van der Waals surface area contributed by atoms with E-state index in [1.54, 1.807) is 24.3 Å². The van der Waals surface area contributed by atoms with Crippen molar-refractivity contribution in [1.82, 2.24) is 4.31 Å². The quantitative estimate of drug-likeness (QED) is 0.665. The lowest BCUT2D eigenvalue weighted by molar-refractivity contribution is 0.151. The fraction of sp³-hybridized carbons (Fsp3) is 0.286. The number of hydrogen-bond donors (Lipinski definition) is 0. The highest BCUT2D eigenvalue weighted by Crippen LogP contribution is 2.19. The third kappa shape index (κ3) is 4.99. The maximum atomic E-state index is 12.8. The number of methoxy groups -OCH3 is 1. The molecule has 6 nitrogen and oxygen atoms in total. The van der Waals surface area contributed by atoms with Crippen molar-refractivity contribution < 1.29 is 22.7 Å². The van der Waals surface area contributed by atoms with Crippen LogP contribution in [0.4, 0.5) is 4.79 Å². The summed E-state index contributed by atoms with van der Waals surface area (Å²) in [6.07, 6.45) is 3.71. The molecule has 1 amide bonds. The van der Waals surface area contributed by atoms with Gasteiger partial charge >= 0.3 is 6.09 Å². The molecular weight excluding hydrogens is 378 g/mol. The molecule has 0 N–H and O–H groups in total. The van der Waals surface area contributed by atoms with Crippen molar-refractivity contribution in [3.63, 3.8) is 0 Å². The number of benzene rings is 2. The topological polar surface area (TPSA) is 76.2 Å². The first kappa shape index (κ1) is 20.1. The molecule has 2 aromatic carbocycles. The van der Waals surface area contributed by atoms with Gasteiger partial charge in [0.2, 0.25) is 0 Å². The predicted octanol–water partition coefficient (Wildman–Crippen LogP) is 3.41. The molecule has 1 aliphatic heterocycles. The van der Waals surface area contributed by atoms with E-state index in [4.69, 9.17) is 4.74 Å². The first-order chi connectivity index (χ1) is 13.4. The maximum Gasteiger partial charge on any atom is 0.423 e. The number of carbonyl (C=O) groups is 1. The van der Waals surface area contributed by atoms with E-state index >= 15 is 0 Å². The fourth-order valence-corrected chi connectivity index (χ4v) is 4.00. The van der Waals surface area contributed by atoms with Crippen LogP contribution in [0, 0.1) is 6.92 Å². The predicted molar refractivity (Wildman–Crippen MR) is 106 cm³/mol. The highest BCUT2D eigenvalue weighted by atomic mass is 32.2. The number of rotatable bonds is 7. The molecule has 0 aromatic heterocycles. The van der Waals surface area contributed by atoms with E-state index < -0.39 is 16.1 Å². The first-order valence-corrected chi connectivity index (χ1v) is 10.4. The molecule has 0 bridgehead atoms. The Morgan fingerprint density at radius 3 is 2.39 bits per heavy atom. The Hall–Kier alpha value is -2.64. The average molecular weight is 401 g/mol. The van der Waals surface area contributed by atoms with Crippen molar-refractivity contribution >= 4 is 22.2 Å². The van der Waals surface area contributed by atoms with Gasteiger partial charge in [0, 0.05) is 6.42 Å². The molecule has 2 aromatic rings. The molecule has 0 saturated carbocycles. The Labute approximate surface area is 165 Å². The first-order valence-electron chi connectivity index (χ1n) is 8.94. The van der Waals surface area contributed by atoms with E-state index in [0.717, 1.165) is 31.3 Å². The van der Waals surface area contributed by atoms with Crippen molar-refractivity contribution in [1.29, 1.82) is 0 Å². The molecule has 1 atom stereocenters. The Morgan fingerprint density at radius 2 is 1.82 bits per heavy atom. The van der Waals surface area contributed by atoms with E-state index in [2.05, 4.69) is 4.74 Å². The van der Waals surface area contributed by atoms with Crippen molar-refractivity contribution in [2.45, 2.75) is 24.3 Å². The number of ether oxygens (including phenoxy) is 2. The van der Waals surface area contributed by atoms with Crippen LogP contribution in [0.5, 0.6) is 0 Å². The van der Waals surface area contributed by atoms with Gasteiger partial charge in [-0.25, -0.2) is 13.2 Å². The molecule has 1 fully saturated rings. The maximum absolute atomic E-state index is 12.8. The number of aryl methyl sites for hydroxylation is 1. The summed E-state index contributed by atoms with van der Waals surface area (Å²) in [7, 11) is -2.84. The van der Waals surface area contributed by atoms with Gasteiger partial charge in [-0.1, -0.05) is 54.1 Å². The summed E-state index contributed by atoms with van der Waals surface area (Å²) in [6, 6.07) is 14.3. The zero-order valence-corrected chi connectivity index (χ0v) is 16.7. The van der Waals surface area contributed by atoms with Crippen LogP contribution >= 0.6 is 0 Å². The zero-order chi connectivity index (χ0) is 20.1. The van der Waals surface area contributed by atoms with Gasteiger partial charge in [-0.15, -0.1) is 0 Å². The molecule has 1 aliphatic rings. The van der Waals surface area contributed by atoms with E-state index in [9.17, 15) is 13.2 Å². The normalized spacial score (nSPS) is 16.1. The number of hydrogen-bond acceptors (Lipinski definition) is 5. The Morgan fingerprint density at radius 1 is 1.18 bits per heavy atom. The molecule has 1 saturated heterocycles. The van der Waals surface area contributed by atoms with E-state index in [-0.39, 0.29) is 11.4 Å². The molecule has 1 heterocycles. The summed E-state index contributed by atoms with van der Waals surface area (Å²) >= 11 is 0. The Kier molecular flexibility index (Phi) is 6.16. The van der Waals surface area contributed by atoms with Crippen molar-refractivity contribution in [2.24, 2.45) is 0 Å². The summed E-state index contributed by atoms with van der Waals surface area (Å²) < 4.78 is 36.2. The smallest absolute Gasteiger partial charge is 0.423 e. The lowest BCUT2D eigenvalue weighted by atomic mass is 10.1. The molecule has 0 spiro atoms. The van der Waals surface area contributed by atoms with Crippen molar-refractivity contribution in [3.8, 4) is 0 Å². The van der Waals surface area contributed by atoms with Crippen LogP contribution in [-0.4, -0.2) is 45.2 Å². The van der Waals surface area contributed by atoms with Crippen LogP contribution in [0.2, 0.25) is 0 Å². The SMILES string of the molecule is COC(=O)N(C/C=C/c1ccc(C[C@@H]2CO2)cc1)S(=O)(=O)c1ccc(C)cc1. The van der Waals surface area contributed by atoms with Gasteiger partial charge in [0.1, 0.15) is 0 Å². The minimum Gasteiger partial charge on any atom is -0.452 e. The summed E-state index contributed by atoms with van der Waals surface area (Å²) in [4.78, 5) is 12.1. The molecule has 28 heavy (non-hydrogen) atoms. The summed E-state index contributed by atoms with van der Waals surface area (Å²) in [5.41, 5.74) is 3.04. The monoisotopic (exact) mass is 401 g/mol.